The molecule has 2 aliphatic rings. The van der Waals surface area contributed by atoms with E-state index in [1.165, 1.54) is 29.1 Å². The highest BCUT2D eigenvalue weighted by atomic mass is 32.2. The predicted molar refractivity (Wildman–Crippen MR) is 83.7 cm³/mol. The van der Waals surface area contributed by atoms with Crippen molar-refractivity contribution in [3.63, 3.8) is 0 Å². The molecule has 1 aromatic carbocycles. The number of thioether (sulfide) groups is 1. The second-order valence-electron chi connectivity index (χ2n) is 5.49. The number of hydrogen-bond acceptors (Lipinski definition) is 3. The summed E-state index contributed by atoms with van der Waals surface area (Å²) in [6, 6.07) is 9.65. The Bertz CT molecular complexity index is 565. The second-order valence-corrected chi connectivity index (χ2v) is 6.48. The Labute approximate surface area is 128 Å². The topological polar surface area (TPSA) is 41.8 Å². The van der Waals surface area contributed by atoms with Crippen LogP contribution in [0.1, 0.15) is 24.8 Å². The van der Waals surface area contributed by atoms with Crippen LogP contribution in [0.2, 0.25) is 0 Å². The molecule has 0 bridgehead atoms. The van der Waals surface area contributed by atoms with E-state index in [0.29, 0.717) is 11.6 Å². The molecule has 1 N–H and O–H groups in total. The number of nitrogens with one attached hydrogen (secondary N) is 1. The van der Waals surface area contributed by atoms with E-state index in [9.17, 15) is 9.59 Å². The lowest BCUT2D eigenvalue weighted by Gasteiger charge is -2.26. The smallest absolute Gasteiger partial charge is 0.298 e. The van der Waals surface area contributed by atoms with Crippen LogP contribution in [-0.2, 0) is 4.79 Å². The van der Waals surface area contributed by atoms with Crippen LogP contribution >= 0.6 is 11.8 Å². The minimum atomic E-state index is -0.146. The lowest BCUT2D eigenvalue weighted by atomic mass is 10.1. The van der Waals surface area contributed by atoms with Gasteiger partial charge in [0.1, 0.15) is 0 Å². The number of piperidine rings is 1. The normalized spacial score (nSPS) is 22.3. The van der Waals surface area contributed by atoms with Gasteiger partial charge in [0.15, 0.2) is 6.67 Å². The van der Waals surface area contributed by atoms with Crippen molar-refractivity contribution in [1.29, 1.82) is 0 Å². The highest BCUT2D eigenvalue weighted by Crippen LogP contribution is 2.31. The maximum absolute atomic E-state index is 12.4. The van der Waals surface area contributed by atoms with E-state index in [0.717, 1.165) is 30.4 Å². The molecule has 110 valence electrons. The average molecular weight is 303 g/mol. The zero-order valence-corrected chi connectivity index (χ0v) is 12.7. The lowest BCUT2D eigenvalue weighted by molar-refractivity contribution is -0.912. The molecule has 2 aliphatic heterocycles. The van der Waals surface area contributed by atoms with Crippen LogP contribution in [0.25, 0.3) is 6.08 Å². The third-order valence-electron chi connectivity index (χ3n) is 3.91. The molecule has 0 aliphatic carbocycles. The molecule has 2 fully saturated rings. The van der Waals surface area contributed by atoms with Gasteiger partial charge in [-0.1, -0.05) is 30.3 Å². The highest BCUT2D eigenvalue weighted by Gasteiger charge is 2.37. The van der Waals surface area contributed by atoms with E-state index >= 15 is 0 Å². The minimum Gasteiger partial charge on any atom is -0.317 e. The van der Waals surface area contributed by atoms with Gasteiger partial charge in [0, 0.05) is 0 Å². The number of amides is 2. The summed E-state index contributed by atoms with van der Waals surface area (Å²) in [5.41, 5.74) is 0.952. The first-order valence-electron chi connectivity index (χ1n) is 7.38. The third-order valence-corrected chi connectivity index (χ3v) is 4.82. The summed E-state index contributed by atoms with van der Waals surface area (Å²) in [7, 11) is 0. The van der Waals surface area contributed by atoms with Gasteiger partial charge in [-0.25, -0.2) is 4.90 Å². The van der Waals surface area contributed by atoms with Crippen LogP contribution in [0.5, 0.6) is 0 Å². The van der Waals surface area contributed by atoms with Crippen molar-refractivity contribution in [3.05, 3.63) is 40.8 Å². The van der Waals surface area contributed by atoms with Gasteiger partial charge < -0.3 is 4.90 Å². The summed E-state index contributed by atoms with van der Waals surface area (Å²) in [5, 5.41) is -0.139. The molecule has 2 saturated heterocycles. The fourth-order valence-electron chi connectivity index (χ4n) is 2.77. The largest absolute Gasteiger partial charge is 0.317 e. The molecule has 21 heavy (non-hydrogen) atoms. The van der Waals surface area contributed by atoms with Crippen molar-refractivity contribution >= 4 is 29.0 Å². The Hall–Kier alpha value is -1.59. The second kappa shape index (κ2) is 6.45. The van der Waals surface area contributed by atoms with E-state index < -0.39 is 0 Å². The molecule has 5 heteroatoms. The summed E-state index contributed by atoms with van der Waals surface area (Å²) in [6.07, 6.45) is 5.44. The summed E-state index contributed by atoms with van der Waals surface area (Å²) < 4.78 is 0. The molecule has 0 unspecified atom stereocenters. The maximum Gasteiger partial charge on any atom is 0.298 e. The van der Waals surface area contributed by atoms with Crippen LogP contribution < -0.4 is 4.90 Å². The van der Waals surface area contributed by atoms with Crippen LogP contribution in [0.15, 0.2) is 35.2 Å². The monoisotopic (exact) mass is 303 g/mol. The molecule has 3 rings (SSSR count). The van der Waals surface area contributed by atoms with Gasteiger partial charge in [-0.3, -0.25) is 9.59 Å². The van der Waals surface area contributed by atoms with Crippen molar-refractivity contribution in [2.75, 3.05) is 19.8 Å². The number of benzene rings is 1. The Morgan fingerprint density at radius 2 is 1.81 bits per heavy atom. The molecular formula is C16H19N2O2S+. The Balaban J connectivity index is 1.71. The summed E-state index contributed by atoms with van der Waals surface area (Å²) >= 11 is 1.05. The first kappa shape index (κ1) is 14.4. The number of likely N-dealkylation sites (tertiary alicyclic amines) is 1. The molecule has 0 aromatic heterocycles. The van der Waals surface area contributed by atoms with Crippen molar-refractivity contribution in [1.82, 2.24) is 4.90 Å². The summed E-state index contributed by atoms with van der Waals surface area (Å²) in [5.74, 6) is -0.146. The SMILES string of the molecule is O=C1S/C(=C/c2ccccc2)C(=O)N1C[NH+]1CCCCC1. The summed E-state index contributed by atoms with van der Waals surface area (Å²) in [6.45, 7) is 2.62. The van der Waals surface area contributed by atoms with Gasteiger partial charge >= 0.3 is 0 Å². The van der Waals surface area contributed by atoms with Gasteiger partial charge in [-0.05, 0) is 42.7 Å². The van der Waals surface area contributed by atoms with E-state index in [-0.39, 0.29) is 11.1 Å². The van der Waals surface area contributed by atoms with E-state index in [2.05, 4.69) is 0 Å². The summed E-state index contributed by atoms with van der Waals surface area (Å²) in [4.78, 5) is 27.7. The number of hydrogen-bond donors (Lipinski definition) is 1. The fourth-order valence-corrected chi connectivity index (χ4v) is 3.61. The quantitative estimate of drug-likeness (QED) is 0.865. The van der Waals surface area contributed by atoms with Crippen molar-refractivity contribution in [2.45, 2.75) is 19.3 Å². The molecule has 0 spiro atoms. The lowest BCUT2D eigenvalue weighted by Crippen LogP contribution is -3.14. The number of imide groups is 1. The van der Waals surface area contributed by atoms with Crippen molar-refractivity contribution < 1.29 is 14.5 Å². The standard InChI is InChI=1S/C16H18N2O2S/c19-15-14(11-13-7-3-1-4-8-13)21-16(20)18(15)12-17-9-5-2-6-10-17/h1,3-4,7-8,11H,2,5-6,9-10,12H2/p+1/b14-11+. The van der Waals surface area contributed by atoms with Crippen molar-refractivity contribution in [2.24, 2.45) is 0 Å². The fraction of sp³-hybridized carbons (Fsp3) is 0.375. The van der Waals surface area contributed by atoms with Gasteiger partial charge in [0.2, 0.25) is 0 Å². The molecule has 2 heterocycles. The molecule has 0 radical (unpaired) electrons. The van der Waals surface area contributed by atoms with E-state index in [1.54, 1.807) is 6.08 Å². The molecule has 0 saturated carbocycles. The predicted octanol–water partition coefficient (Wildman–Crippen LogP) is 1.75. The Kier molecular flexibility index (Phi) is 4.41. The number of carbonyl (C=O) groups is 2. The van der Waals surface area contributed by atoms with Crippen LogP contribution in [0, 0.1) is 0 Å². The average Bonchev–Trinajstić information content (AvgIpc) is 2.77. The molecule has 4 nitrogen and oxygen atoms in total. The van der Waals surface area contributed by atoms with Gasteiger partial charge in [-0.15, -0.1) is 0 Å². The number of carbonyl (C=O) groups excluding carboxylic acids is 2. The maximum atomic E-state index is 12.4. The number of quaternary nitrogens is 1. The van der Waals surface area contributed by atoms with Crippen molar-refractivity contribution in [3.8, 4) is 0 Å². The molecule has 0 atom stereocenters. The van der Waals surface area contributed by atoms with Gasteiger partial charge in [0.05, 0.1) is 18.0 Å². The molecule has 2 amide bonds. The first-order chi connectivity index (χ1) is 10.2. The third kappa shape index (κ3) is 3.36. The van der Waals surface area contributed by atoms with E-state index in [1.807, 2.05) is 30.3 Å². The first-order valence-corrected chi connectivity index (χ1v) is 8.20. The van der Waals surface area contributed by atoms with E-state index in [4.69, 9.17) is 0 Å². The van der Waals surface area contributed by atoms with Crippen LogP contribution in [-0.4, -0.2) is 35.8 Å². The van der Waals surface area contributed by atoms with Gasteiger partial charge in [-0.2, -0.15) is 0 Å². The highest BCUT2D eigenvalue weighted by molar-refractivity contribution is 8.18. The van der Waals surface area contributed by atoms with Crippen LogP contribution in [0.3, 0.4) is 0 Å². The Morgan fingerprint density at radius 1 is 1.10 bits per heavy atom. The Morgan fingerprint density at radius 3 is 2.52 bits per heavy atom. The molecular weight excluding hydrogens is 284 g/mol. The zero-order valence-electron chi connectivity index (χ0n) is 11.9. The minimum absolute atomic E-state index is 0.139. The number of rotatable bonds is 3. The molecule has 1 aromatic rings. The zero-order chi connectivity index (χ0) is 14.7. The van der Waals surface area contributed by atoms with Gasteiger partial charge in [0.25, 0.3) is 11.1 Å². The number of nitrogens with zero attached hydrogens (tertiary/aromatic N) is 1. The van der Waals surface area contributed by atoms with Crippen LogP contribution in [0.4, 0.5) is 4.79 Å².